The fraction of sp³-hybridized carbons (Fsp3) is 0.200. The van der Waals surface area contributed by atoms with Gasteiger partial charge >= 0.3 is 0 Å². The minimum atomic E-state index is -4.02. The van der Waals surface area contributed by atoms with E-state index < -0.39 is 28.3 Å². The second kappa shape index (κ2) is 8.56. The van der Waals surface area contributed by atoms with E-state index in [4.69, 9.17) is 13.3 Å². The Kier molecular flexibility index (Phi) is 6.12. The summed E-state index contributed by atoms with van der Waals surface area (Å²) in [7, 11) is -4.02. The number of carbonyl (C=O) groups is 1. The first kappa shape index (κ1) is 20.7. The fourth-order valence-corrected chi connectivity index (χ4v) is 3.49. The molecule has 1 aromatic heterocycles. The molecule has 8 nitrogen and oxygen atoms in total. The summed E-state index contributed by atoms with van der Waals surface area (Å²) in [5.41, 5.74) is 0.582. The Morgan fingerprint density at radius 2 is 1.86 bits per heavy atom. The zero-order valence-corrected chi connectivity index (χ0v) is 16.2. The van der Waals surface area contributed by atoms with Crippen molar-refractivity contribution in [2.75, 3.05) is 13.2 Å². The molecular weight excluding hydrogens is 400 g/mol. The van der Waals surface area contributed by atoms with Crippen molar-refractivity contribution in [3.8, 4) is 5.75 Å². The Labute approximate surface area is 166 Å². The van der Waals surface area contributed by atoms with Crippen LogP contribution in [-0.4, -0.2) is 39.1 Å². The van der Waals surface area contributed by atoms with Crippen molar-refractivity contribution in [1.82, 2.24) is 0 Å². The zero-order valence-electron chi connectivity index (χ0n) is 15.4. The Hall–Kier alpha value is -3.01. The Morgan fingerprint density at radius 3 is 2.55 bits per heavy atom. The first-order valence-electron chi connectivity index (χ1n) is 8.59. The summed E-state index contributed by atoms with van der Waals surface area (Å²) in [4.78, 5) is 23.0. The second-order valence-corrected chi connectivity index (χ2v) is 7.89. The number of hydrogen-bond donors (Lipinski definition) is 1. The number of rotatable bonds is 8. The molecule has 0 amide bonds. The van der Waals surface area contributed by atoms with Gasteiger partial charge in [-0.05, 0) is 31.2 Å². The molecule has 0 saturated carbocycles. The van der Waals surface area contributed by atoms with Gasteiger partial charge in [-0.2, -0.15) is 8.42 Å². The number of ether oxygens (including phenoxy) is 1. The molecule has 3 aromatic rings. The first-order valence-corrected chi connectivity index (χ1v) is 10.00. The summed E-state index contributed by atoms with van der Waals surface area (Å²) in [5, 5.41) is 10.1. The average molecular weight is 418 g/mol. The zero-order chi connectivity index (χ0) is 21.0. The van der Waals surface area contributed by atoms with E-state index in [1.807, 2.05) is 6.92 Å². The van der Waals surface area contributed by atoms with Crippen LogP contribution >= 0.6 is 0 Å². The summed E-state index contributed by atoms with van der Waals surface area (Å²) >= 11 is 0. The van der Waals surface area contributed by atoms with E-state index in [0.29, 0.717) is 6.29 Å². The Balaban J connectivity index is 1.66. The molecule has 1 heterocycles. The van der Waals surface area contributed by atoms with E-state index in [2.05, 4.69) is 0 Å². The van der Waals surface area contributed by atoms with Crippen molar-refractivity contribution in [1.29, 1.82) is 0 Å². The number of carbonyl (C=O) groups excluding carboxylic acids is 1. The van der Waals surface area contributed by atoms with Gasteiger partial charge in [-0.1, -0.05) is 23.8 Å². The van der Waals surface area contributed by atoms with E-state index in [0.717, 1.165) is 11.6 Å². The number of hydrogen-bond acceptors (Lipinski definition) is 8. The SMILES string of the molecule is Cc1ccc(S(=O)(=O)OCC(O)COc2cccc3oc(C=O)cc(=O)c23)cc1. The van der Waals surface area contributed by atoms with Gasteiger partial charge in [-0.25, -0.2) is 0 Å². The van der Waals surface area contributed by atoms with Gasteiger partial charge in [0.15, 0.2) is 17.5 Å². The van der Waals surface area contributed by atoms with Crippen molar-refractivity contribution in [2.45, 2.75) is 17.9 Å². The summed E-state index contributed by atoms with van der Waals surface area (Å²) in [6.45, 7) is 0.980. The fourth-order valence-electron chi connectivity index (χ4n) is 2.55. The number of aliphatic hydroxyl groups is 1. The van der Waals surface area contributed by atoms with Crippen molar-refractivity contribution in [3.05, 3.63) is 70.1 Å². The van der Waals surface area contributed by atoms with E-state index in [1.54, 1.807) is 18.2 Å². The summed E-state index contributed by atoms with van der Waals surface area (Å²) in [5.74, 6) is 0.0172. The molecule has 0 radical (unpaired) electrons. The van der Waals surface area contributed by atoms with Crippen LogP contribution in [0.1, 0.15) is 16.1 Å². The van der Waals surface area contributed by atoms with Gasteiger partial charge in [0.1, 0.15) is 29.4 Å². The van der Waals surface area contributed by atoms with Gasteiger partial charge in [0.2, 0.25) is 0 Å². The number of aldehydes is 1. The van der Waals surface area contributed by atoms with Crippen LogP contribution in [-0.2, 0) is 14.3 Å². The maximum absolute atomic E-state index is 12.2. The second-order valence-electron chi connectivity index (χ2n) is 6.28. The lowest BCUT2D eigenvalue weighted by Crippen LogP contribution is -2.25. The van der Waals surface area contributed by atoms with Gasteiger partial charge in [-0.15, -0.1) is 0 Å². The van der Waals surface area contributed by atoms with Gasteiger partial charge in [-0.3, -0.25) is 13.8 Å². The third-order valence-electron chi connectivity index (χ3n) is 4.01. The summed E-state index contributed by atoms with van der Waals surface area (Å²) in [6, 6.07) is 11.7. The highest BCUT2D eigenvalue weighted by atomic mass is 32.2. The monoisotopic (exact) mass is 418 g/mol. The molecule has 0 aliphatic heterocycles. The van der Waals surface area contributed by atoms with Crippen molar-refractivity contribution < 1.29 is 31.7 Å². The highest BCUT2D eigenvalue weighted by Gasteiger charge is 2.18. The Morgan fingerprint density at radius 1 is 1.14 bits per heavy atom. The van der Waals surface area contributed by atoms with Gasteiger partial charge in [0, 0.05) is 6.07 Å². The normalized spacial score (nSPS) is 12.6. The van der Waals surface area contributed by atoms with Crippen LogP contribution in [0.5, 0.6) is 5.75 Å². The van der Waals surface area contributed by atoms with Gasteiger partial charge < -0.3 is 14.3 Å². The smallest absolute Gasteiger partial charge is 0.297 e. The molecule has 0 aliphatic carbocycles. The summed E-state index contributed by atoms with van der Waals surface area (Å²) < 4.78 is 39.9. The molecule has 0 spiro atoms. The van der Waals surface area contributed by atoms with Crippen molar-refractivity contribution in [2.24, 2.45) is 0 Å². The number of fused-ring (bicyclic) bond motifs is 1. The molecular formula is C20H18O8S. The summed E-state index contributed by atoms with van der Waals surface area (Å²) in [6.07, 6.45) is -0.851. The predicted octanol–water partition coefficient (Wildman–Crippen LogP) is 2.06. The van der Waals surface area contributed by atoms with Crippen LogP contribution in [0.2, 0.25) is 0 Å². The van der Waals surface area contributed by atoms with Crippen LogP contribution < -0.4 is 10.2 Å². The molecule has 1 atom stereocenters. The van der Waals surface area contributed by atoms with E-state index in [1.165, 1.54) is 24.3 Å². The molecule has 0 fully saturated rings. The maximum Gasteiger partial charge on any atom is 0.297 e. The molecule has 3 rings (SSSR count). The third-order valence-corrected chi connectivity index (χ3v) is 5.30. The quantitative estimate of drug-likeness (QED) is 0.436. The lowest BCUT2D eigenvalue weighted by molar-refractivity contribution is 0.0653. The molecule has 0 bridgehead atoms. The minimum Gasteiger partial charge on any atom is -0.490 e. The van der Waals surface area contributed by atoms with Gasteiger partial charge in [0.25, 0.3) is 10.1 Å². The van der Waals surface area contributed by atoms with Crippen LogP contribution in [0.25, 0.3) is 11.0 Å². The topological polar surface area (TPSA) is 120 Å². The Bertz CT molecular complexity index is 1180. The molecule has 29 heavy (non-hydrogen) atoms. The average Bonchev–Trinajstić information content (AvgIpc) is 2.70. The number of benzene rings is 2. The number of aliphatic hydroxyl groups excluding tert-OH is 1. The molecule has 152 valence electrons. The largest absolute Gasteiger partial charge is 0.490 e. The molecule has 9 heteroatoms. The highest BCUT2D eigenvalue weighted by Crippen LogP contribution is 2.23. The molecule has 2 aromatic carbocycles. The predicted molar refractivity (Wildman–Crippen MR) is 104 cm³/mol. The molecule has 1 N–H and O–H groups in total. The van der Waals surface area contributed by atoms with E-state index in [-0.39, 0.29) is 34.0 Å². The lowest BCUT2D eigenvalue weighted by Gasteiger charge is -2.14. The molecule has 0 saturated heterocycles. The van der Waals surface area contributed by atoms with Crippen LogP contribution in [0.4, 0.5) is 0 Å². The minimum absolute atomic E-state index is 0.0196. The van der Waals surface area contributed by atoms with Gasteiger partial charge in [0.05, 0.1) is 11.5 Å². The van der Waals surface area contributed by atoms with Crippen molar-refractivity contribution in [3.63, 3.8) is 0 Å². The molecule has 0 aliphatic rings. The standard InChI is InChI=1S/C20H18O8S/c1-13-5-7-16(8-6-13)29(24,25)27-12-14(22)11-26-18-3-2-4-19-20(18)17(23)9-15(10-21)28-19/h2-10,14,22H,11-12H2,1H3. The first-order chi connectivity index (χ1) is 13.8. The van der Waals surface area contributed by atoms with E-state index >= 15 is 0 Å². The maximum atomic E-state index is 12.2. The van der Waals surface area contributed by atoms with Crippen LogP contribution in [0.3, 0.4) is 0 Å². The number of aryl methyl sites for hydroxylation is 1. The van der Waals surface area contributed by atoms with Crippen LogP contribution in [0, 0.1) is 6.92 Å². The van der Waals surface area contributed by atoms with Crippen molar-refractivity contribution >= 4 is 27.4 Å². The third kappa shape index (κ3) is 4.89. The highest BCUT2D eigenvalue weighted by molar-refractivity contribution is 7.86. The lowest BCUT2D eigenvalue weighted by atomic mass is 10.2. The van der Waals surface area contributed by atoms with E-state index in [9.17, 15) is 23.1 Å². The van der Waals surface area contributed by atoms with Crippen LogP contribution in [0.15, 0.2) is 62.6 Å². The molecule has 1 unspecified atom stereocenters.